The highest BCUT2D eigenvalue weighted by molar-refractivity contribution is 6.39. The van der Waals surface area contributed by atoms with E-state index in [1.165, 1.54) is 0 Å². The minimum Gasteiger partial charge on any atom is -0.481 e. The number of carbonyl (C=O) groups excluding carboxylic acids is 1. The summed E-state index contributed by atoms with van der Waals surface area (Å²) in [6.07, 6.45) is 1.97. The van der Waals surface area contributed by atoms with E-state index in [4.69, 9.17) is 34.9 Å². The molecule has 0 radical (unpaired) electrons. The van der Waals surface area contributed by atoms with Crippen LogP contribution in [0.1, 0.15) is 42.5 Å². The standard InChI is InChI=1S/C29H27Cl2NO3/c1-18(2)12-22-9-10-23(17-27(22)32-3)29-25(30)14-21(15-26(29)31)13-24(33)11-8-19-4-6-20(7-5-19)16-28(34)35/h4-7,9-10,14-15,17-18H,8,11-13,16H2,1-2H3,(H,34,35). The van der Waals surface area contributed by atoms with E-state index in [0.29, 0.717) is 40.1 Å². The lowest BCUT2D eigenvalue weighted by atomic mass is 9.96. The van der Waals surface area contributed by atoms with Gasteiger partial charge in [0.2, 0.25) is 0 Å². The van der Waals surface area contributed by atoms with Crippen molar-refractivity contribution in [3.8, 4) is 11.1 Å². The van der Waals surface area contributed by atoms with E-state index in [9.17, 15) is 9.59 Å². The molecule has 0 aromatic heterocycles. The number of nitrogens with zero attached hydrogens (tertiary/aromatic N) is 1. The van der Waals surface area contributed by atoms with Crippen molar-refractivity contribution in [2.75, 3.05) is 0 Å². The van der Waals surface area contributed by atoms with Crippen LogP contribution >= 0.6 is 23.2 Å². The topological polar surface area (TPSA) is 58.7 Å². The molecular formula is C29H27Cl2NO3. The molecule has 0 fully saturated rings. The van der Waals surface area contributed by atoms with Gasteiger partial charge in [0.05, 0.1) is 23.0 Å². The smallest absolute Gasteiger partial charge is 0.307 e. The second kappa shape index (κ2) is 12.0. The lowest BCUT2D eigenvalue weighted by molar-refractivity contribution is -0.136. The number of carbonyl (C=O) groups is 2. The molecular weight excluding hydrogens is 481 g/mol. The number of aliphatic carboxylic acids is 1. The van der Waals surface area contributed by atoms with Crippen molar-refractivity contribution in [2.45, 2.75) is 46.0 Å². The molecule has 0 atom stereocenters. The highest BCUT2D eigenvalue weighted by Gasteiger charge is 2.15. The number of ketones is 1. The van der Waals surface area contributed by atoms with Crippen LogP contribution in [0.2, 0.25) is 10.0 Å². The van der Waals surface area contributed by atoms with Gasteiger partial charge in [-0.05, 0) is 64.8 Å². The Balaban J connectivity index is 1.69. The molecule has 35 heavy (non-hydrogen) atoms. The summed E-state index contributed by atoms with van der Waals surface area (Å²) >= 11 is 13.2. The molecule has 3 aromatic rings. The van der Waals surface area contributed by atoms with Gasteiger partial charge in [0.1, 0.15) is 5.78 Å². The van der Waals surface area contributed by atoms with Crippen molar-refractivity contribution >= 4 is 40.6 Å². The first-order valence-electron chi connectivity index (χ1n) is 11.5. The molecule has 0 aliphatic rings. The number of benzene rings is 3. The molecule has 0 aliphatic heterocycles. The second-order valence-corrected chi connectivity index (χ2v) is 9.90. The molecule has 4 nitrogen and oxygen atoms in total. The van der Waals surface area contributed by atoms with Gasteiger partial charge < -0.3 is 5.11 Å². The highest BCUT2D eigenvalue weighted by atomic mass is 35.5. The predicted octanol–water partition coefficient (Wildman–Crippen LogP) is 7.78. The Bertz CT molecular complexity index is 1250. The van der Waals surface area contributed by atoms with Crippen LogP contribution in [0.5, 0.6) is 0 Å². The third kappa shape index (κ3) is 7.42. The van der Waals surface area contributed by atoms with Gasteiger partial charge >= 0.3 is 5.97 Å². The first-order valence-corrected chi connectivity index (χ1v) is 12.2. The van der Waals surface area contributed by atoms with Gasteiger partial charge in [0.25, 0.3) is 0 Å². The molecule has 0 saturated heterocycles. The summed E-state index contributed by atoms with van der Waals surface area (Å²) in [7, 11) is 0. The van der Waals surface area contributed by atoms with Gasteiger partial charge in [-0.2, -0.15) is 0 Å². The zero-order chi connectivity index (χ0) is 25.5. The Labute approximate surface area is 216 Å². The fourth-order valence-electron chi connectivity index (χ4n) is 4.04. The lowest BCUT2D eigenvalue weighted by Gasteiger charge is -2.13. The molecule has 180 valence electrons. The van der Waals surface area contributed by atoms with E-state index < -0.39 is 5.97 Å². The van der Waals surface area contributed by atoms with E-state index in [1.54, 1.807) is 24.3 Å². The largest absolute Gasteiger partial charge is 0.481 e. The minimum absolute atomic E-state index is 0.0159. The Morgan fingerprint density at radius 3 is 2.11 bits per heavy atom. The fraction of sp³-hybridized carbons (Fsp3) is 0.276. The second-order valence-electron chi connectivity index (χ2n) is 9.09. The molecule has 0 amide bonds. The Morgan fingerprint density at radius 2 is 1.54 bits per heavy atom. The molecule has 0 unspecified atom stereocenters. The zero-order valence-electron chi connectivity index (χ0n) is 19.8. The normalized spacial score (nSPS) is 10.9. The minimum atomic E-state index is -0.869. The van der Waals surface area contributed by atoms with Crippen LogP contribution in [0.4, 0.5) is 5.69 Å². The number of hydrogen-bond donors (Lipinski definition) is 1. The molecule has 3 aromatic carbocycles. The highest BCUT2D eigenvalue weighted by Crippen LogP contribution is 2.38. The summed E-state index contributed by atoms with van der Waals surface area (Å²) in [4.78, 5) is 27.1. The van der Waals surface area contributed by atoms with Crippen molar-refractivity contribution in [3.05, 3.63) is 98.3 Å². The van der Waals surface area contributed by atoms with Gasteiger partial charge in [-0.1, -0.05) is 73.4 Å². The van der Waals surface area contributed by atoms with Crippen molar-refractivity contribution in [1.82, 2.24) is 0 Å². The van der Waals surface area contributed by atoms with Crippen LogP contribution in [0, 0.1) is 12.5 Å². The SMILES string of the molecule is [C-]#[N+]c1cc(-c2c(Cl)cc(CC(=O)CCc3ccc(CC(=O)O)cc3)cc2Cl)ccc1CC(C)C. The number of Topliss-reactive ketones (excluding diaryl/α,β-unsaturated/α-hetero) is 1. The lowest BCUT2D eigenvalue weighted by Crippen LogP contribution is -2.05. The van der Waals surface area contributed by atoms with Crippen molar-refractivity contribution in [3.63, 3.8) is 0 Å². The van der Waals surface area contributed by atoms with Gasteiger partial charge in [-0.25, -0.2) is 4.85 Å². The van der Waals surface area contributed by atoms with Gasteiger partial charge in [-0.15, -0.1) is 0 Å². The van der Waals surface area contributed by atoms with E-state index in [2.05, 4.69) is 18.7 Å². The maximum absolute atomic E-state index is 12.6. The van der Waals surface area contributed by atoms with Gasteiger partial charge in [0, 0.05) is 18.4 Å². The first-order chi connectivity index (χ1) is 16.7. The van der Waals surface area contributed by atoms with E-state index >= 15 is 0 Å². The molecule has 1 N–H and O–H groups in total. The Hall–Kier alpha value is -3.13. The summed E-state index contributed by atoms with van der Waals surface area (Å²) in [6.45, 7) is 11.8. The molecule has 0 heterocycles. The van der Waals surface area contributed by atoms with E-state index in [-0.39, 0.29) is 18.6 Å². The number of carboxylic acids is 1. The predicted molar refractivity (Wildman–Crippen MR) is 142 cm³/mol. The molecule has 0 bridgehead atoms. The third-order valence-electron chi connectivity index (χ3n) is 5.70. The van der Waals surface area contributed by atoms with Crippen LogP contribution < -0.4 is 0 Å². The van der Waals surface area contributed by atoms with Crippen LogP contribution in [0.25, 0.3) is 16.0 Å². The first kappa shape index (κ1) is 26.5. The fourth-order valence-corrected chi connectivity index (χ4v) is 4.79. The van der Waals surface area contributed by atoms with Crippen molar-refractivity contribution in [2.24, 2.45) is 5.92 Å². The third-order valence-corrected chi connectivity index (χ3v) is 6.29. The van der Waals surface area contributed by atoms with Gasteiger partial charge in [-0.3, -0.25) is 9.59 Å². The van der Waals surface area contributed by atoms with E-state index in [1.807, 2.05) is 30.3 Å². The Kier molecular flexibility index (Phi) is 9.09. The molecule has 0 aliphatic carbocycles. The monoisotopic (exact) mass is 507 g/mol. The van der Waals surface area contributed by atoms with E-state index in [0.717, 1.165) is 34.2 Å². The number of halogens is 2. The van der Waals surface area contributed by atoms with Crippen LogP contribution in [-0.2, 0) is 35.3 Å². The Morgan fingerprint density at radius 1 is 0.914 bits per heavy atom. The molecule has 0 spiro atoms. The van der Waals surface area contributed by atoms with Crippen LogP contribution in [0.3, 0.4) is 0 Å². The molecule has 0 saturated carbocycles. The van der Waals surface area contributed by atoms with Crippen molar-refractivity contribution in [1.29, 1.82) is 0 Å². The van der Waals surface area contributed by atoms with Gasteiger partial charge in [0.15, 0.2) is 5.69 Å². The summed E-state index contributed by atoms with van der Waals surface area (Å²) in [6, 6.07) is 16.5. The van der Waals surface area contributed by atoms with Crippen LogP contribution in [0.15, 0.2) is 54.6 Å². The average molecular weight is 508 g/mol. The number of hydrogen-bond acceptors (Lipinski definition) is 2. The number of carboxylic acid groups (broad SMARTS) is 1. The van der Waals surface area contributed by atoms with Crippen LogP contribution in [-0.4, -0.2) is 16.9 Å². The molecule has 3 rings (SSSR count). The zero-order valence-corrected chi connectivity index (χ0v) is 21.3. The molecule has 6 heteroatoms. The summed E-state index contributed by atoms with van der Waals surface area (Å²) < 4.78 is 0. The average Bonchev–Trinajstić information content (AvgIpc) is 2.78. The van der Waals surface area contributed by atoms with Crippen molar-refractivity contribution < 1.29 is 14.7 Å². The number of aryl methyl sites for hydroxylation is 1. The summed E-state index contributed by atoms with van der Waals surface area (Å²) in [5.74, 6) is -0.360. The summed E-state index contributed by atoms with van der Waals surface area (Å²) in [5.41, 5.74) is 5.50. The number of rotatable bonds is 10. The quantitative estimate of drug-likeness (QED) is 0.285. The summed E-state index contributed by atoms with van der Waals surface area (Å²) in [5, 5.41) is 9.75. The maximum Gasteiger partial charge on any atom is 0.307 e. The maximum atomic E-state index is 12.6.